The first-order chi connectivity index (χ1) is 16.8. The van der Waals surface area contributed by atoms with E-state index in [2.05, 4.69) is 16.4 Å². The second-order valence-corrected chi connectivity index (χ2v) is 10.2. The summed E-state index contributed by atoms with van der Waals surface area (Å²) in [6.45, 7) is 5.96. The minimum atomic E-state index is -1.51. The summed E-state index contributed by atoms with van der Waals surface area (Å²) in [4.78, 5) is 41.9. The van der Waals surface area contributed by atoms with Gasteiger partial charge in [-0.2, -0.15) is 5.26 Å². The van der Waals surface area contributed by atoms with E-state index in [-0.39, 0.29) is 42.7 Å². The van der Waals surface area contributed by atoms with Crippen molar-refractivity contribution in [2.24, 2.45) is 17.3 Å². The fraction of sp³-hybridized carbons (Fsp3) is 0.556. The summed E-state index contributed by atoms with van der Waals surface area (Å²) < 4.78 is 21.0. The highest BCUT2D eigenvalue weighted by Gasteiger charge is 2.31. The average molecular weight is 468 g/mol. The molecule has 3 rings (SSSR count). The van der Waals surface area contributed by atoms with Gasteiger partial charge in [-0.05, 0) is 49.2 Å². The molecule has 1 heterocycles. The highest BCUT2D eigenvalue weighted by atomic mass is 16.5. The van der Waals surface area contributed by atoms with Crippen LogP contribution in [0.2, 0.25) is 0 Å². The summed E-state index contributed by atoms with van der Waals surface area (Å²) in [7, 11) is 1.57. The van der Waals surface area contributed by atoms with Crippen molar-refractivity contribution in [2.45, 2.75) is 71.7 Å². The van der Waals surface area contributed by atoms with Crippen molar-refractivity contribution in [3.63, 3.8) is 0 Å². The van der Waals surface area contributed by atoms with E-state index < -0.39 is 30.2 Å². The Kier molecular flexibility index (Phi) is 7.23. The molecule has 1 fully saturated rings. The molecule has 1 aliphatic rings. The minimum Gasteiger partial charge on any atom is -0.496 e. The van der Waals surface area contributed by atoms with Crippen molar-refractivity contribution in [3.05, 3.63) is 30.0 Å². The topological polar surface area (TPSA) is 112 Å². The number of nitrogens with one attached hydrogen (secondary N) is 2. The molecule has 0 saturated heterocycles. The first-order valence-corrected chi connectivity index (χ1v) is 11.7. The Labute approximate surface area is 204 Å². The van der Waals surface area contributed by atoms with E-state index in [1.54, 1.807) is 13.2 Å². The predicted octanol–water partition coefficient (Wildman–Crippen LogP) is 4.96. The molecule has 34 heavy (non-hydrogen) atoms. The molecule has 1 aliphatic carbocycles. The summed E-state index contributed by atoms with van der Waals surface area (Å²) in [5, 5.41) is 13.2. The molecule has 3 atom stereocenters. The maximum atomic E-state index is 13.3. The van der Waals surface area contributed by atoms with Gasteiger partial charge in [-0.1, -0.05) is 33.3 Å². The van der Waals surface area contributed by atoms with E-state index in [1.165, 1.54) is 0 Å². The number of aromatic nitrogens is 1. The lowest BCUT2D eigenvalue weighted by atomic mass is 9.81. The number of fused-ring (bicyclic) bond motifs is 1. The van der Waals surface area contributed by atoms with Gasteiger partial charge in [0.2, 0.25) is 5.91 Å². The molecule has 7 heteroatoms. The van der Waals surface area contributed by atoms with Crippen LogP contribution in [0.5, 0.6) is 5.75 Å². The lowest BCUT2D eigenvalue weighted by Gasteiger charge is -2.27. The molecule has 1 amide bonds. The molecule has 2 aromatic rings. The van der Waals surface area contributed by atoms with Gasteiger partial charge in [0, 0.05) is 38.3 Å². The molecule has 7 nitrogen and oxygen atoms in total. The van der Waals surface area contributed by atoms with Gasteiger partial charge < -0.3 is 15.0 Å². The van der Waals surface area contributed by atoms with E-state index in [9.17, 15) is 19.6 Å². The van der Waals surface area contributed by atoms with E-state index >= 15 is 0 Å². The normalized spacial score (nSPS) is 20.6. The van der Waals surface area contributed by atoms with Crippen LogP contribution >= 0.6 is 0 Å². The van der Waals surface area contributed by atoms with Crippen molar-refractivity contribution < 1.29 is 21.9 Å². The lowest BCUT2D eigenvalue weighted by molar-refractivity contribution is -0.128. The number of rotatable bonds is 9. The van der Waals surface area contributed by atoms with Gasteiger partial charge in [-0.3, -0.25) is 14.4 Å². The number of nitriles is 1. The van der Waals surface area contributed by atoms with Crippen LogP contribution in [0.15, 0.2) is 24.3 Å². The summed E-state index contributed by atoms with van der Waals surface area (Å²) in [5.41, 5.74) is 0.916. The fourth-order valence-corrected chi connectivity index (χ4v) is 4.55. The van der Waals surface area contributed by atoms with Crippen LogP contribution in [-0.4, -0.2) is 35.6 Å². The second kappa shape index (κ2) is 10.9. The number of nitrogens with zero attached hydrogens (tertiary/aromatic N) is 1. The van der Waals surface area contributed by atoms with E-state index in [0.29, 0.717) is 24.3 Å². The smallest absolute Gasteiger partial charge is 0.224 e. The van der Waals surface area contributed by atoms with Crippen LogP contribution in [0, 0.1) is 28.6 Å². The first-order valence-electron chi connectivity index (χ1n) is 12.7. The number of ketones is 2. The number of amides is 1. The summed E-state index contributed by atoms with van der Waals surface area (Å²) in [6.07, 6.45) is -0.507. The van der Waals surface area contributed by atoms with E-state index in [4.69, 9.17) is 7.48 Å². The Hall–Kier alpha value is -3.14. The number of hydrogen-bond acceptors (Lipinski definition) is 5. The highest BCUT2D eigenvalue weighted by molar-refractivity contribution is 6.02. The van der Waals surface area contributed by atoms with Crippen LogP contribution in [0.3, 0.4) is 0 Å². The number of ether oxygens (including phenoxy) is 1. The molecule has 1 aromatic heterocycles. The first kappa shape index (κ1) is 22.6. The molecule has 2 N–H and O–H groups in total. The third-order valence-corrected chi connectivity index (χ3v) is 6.22. The average Bonchev–Trinajstić information content (AvgIpc) is 3.23. The van der Waals surface area contributed by atoms with Gasteiger partial charge in [0.1, 0.15) is 17.6 Å². The molecule has 1 saturated carbocycles. The summed E-state index contributed by atoms with van der Waals surface area (Å²) in [6, 6.07) is 8.41. The van der Waals surface area contributed by atoms with Gasteiger partial charge in [-0.25, -0.2) is 0 Å². The number of hydrogen-bond donors (Lipinski definition) is 2. The highest BCUT2D eigenvalue weighted by Crippen LogP contribution is 2.30. The Balaban J connectivity index is 1.72. The van der Waals surface area contributed by atoms with Crippen LogP contribution < -0.4 is 10.1 Å². The Morgan fingerprint density at radius 2 is 2.15 bits per heavy atom. The largest absolute Gasteiger partial charge is 0.496 e. The third kappa shape index (κ3) is 6.47. The third-order valence-electron chi connectivity index (χ3n) is 6.22. The predicted molar refractivity (Wildman–Crippen MR) is 130 cm³/mol. The number of carbonyl (C=O) groups excluding carboxylic acids is 3. The summed E-state index contributed by atoms with van der Waals surface area (Å²) >= 11 is 0. The number of benzene rings is 1. The van der Waals surface area contributed by atoms with Gasteiger partial charge >= 0.3 is 0 Å². The molecular formula is C27H35N3O4. The molecule has 0 unspecified atom stereocenters. The molecular weight excluding hydrogens is 430 g/mol. The van der Waals surface area contributed by atoms with E-state index in [0.717, 1.165) is 10.9 Å². The minimum absolute atomic E-state index is 0.0288. The van der Waals surface area contributed by atoms with Gasteiger partial charge in [0.15, 0.2) is 5.78 Å². The van der Waals surface area contributed by atoms with Gasteiger partial charge in [-0.15, -0.1) is 0 Å². The standard InChI is InChI=1S/C27H35N3O4/c1-27(2,3)15-18(26(33)29-19(16-28)12-17-8-5-6-10-23(17)31)13-24(32)22-14-20-21(30-22)9-7-11-25(20)34-4/h7,9,11,14,17-19,30H,5-6,8,10,12-13,15H2,1-4H3,(H,29,33)/t17-,18-,19-/m0/s1/i6D2. The Bertz CT molecular complexity index is 1180. The van der Waals surface area contributed by atoms with Crippen molar-refractivity contribution in [3.8, 4) is 11.8 Å². The van der Waals surface area contributed by atoms with Crippen LogP contribution in [0.4, 0.5) is 0 Å². The van der Waals surface area contributed by atoms with Crippen molar-refractivity contribution in [1.82, 2.24) is 10.3 Å². The van der Waals surface area contributed by atoms with Crippen LogP contribution in [0.25, 0.3) is 10.9 Å². The zero-order valence-electron chi connectivity index (χ0n) is 22.4. The zero-order valence-corrected chi connectivity index (χ0v) is 20.4. The zero-order chi connectivity index (χ0) is 26.7. The summed E-state index contributed by atoms with van der Waals surface area (Å²) in [5.74, 6) is -1.28. The molecule has 0 bridgehead atoms. The quantitative estimate of drug-likeness (QED) is 0.506. The van der Waals surface area contributed by atoms with E-state index in [1.807, 2.05) is 39.0 Å². The monoisotopic (exact) mass is 467 g/mol. The van der Waals surface area contributed by atoms with Gasteiger partial charge in [0.25, 0.3) is 0 Å². The van der Waals surface area contributed by atoms with Gasteiger partial charge in [0.05, 0.1) is 18.9 Å². The maximum absolute atomic E-state index is 13.3. The Morgan fingerprint density at radius 1 is 1.38 bits per heavy atom. The molecule has 0 aliphatic heterocycles. The second-order valence-electron chi connectivity index (χ2n) is 10.2. The van der Waals surface area contributed by atoms with Crippen LogP contribution in [0.1, 0.15) is 78.9 Å². The fourth-order valence-electron chi connectivity index (χ4n) is 4.55. The number of Topliss-reactive ketones (excluding diaryl/α,β-unsaturated/α-hetero) is 2. The lowest BCUT2D eigenvalue weighted by Crippen LogP contribution is -2.42. The molecule has 0 radical (unpaired) electrons. The number of methoxy groups -OCH3 is 1. The number of aromatic amines is 1. The number of carbonyl (C=O) groups is 3. The molecule has 1 aromatic carbocycles. The maximum Gasteiger partial charge on any atom is 0.224 e. The van der Waals surface area contributed by atoms with Crippen molar-refractivity contribution in [2.75, 3.05) is 7.11 Å². The molecule has 0 spiro atoms. The van der Waals surface area contributed by atoms with Crippen LogP contribution in [-0.2, 0) is 9.59 Å². The Morgan fingerprint density at radius 3 is 2.79 bits per heavy atom. The number of H-pyrrole nitrogens is 1. The molecule has 182 valence electrons. The van der Waals surface area contributed by atoms with Crippen molar-refractivity contribution >= 4 is 28.4 Å². The SMILES string of the molecule is [2H]C1([2H])CC[C@@H](C[C@@H](C#N)NC(=O)[C@@H](CC(=O)c2cc3c(OC)cccc3[nH]2)CC(C)(C)C)C(=O)C1. The van der Waals surface area contributed by atoms with Crippen molar-refractivity contribution in [1.29, 1.82) is 5.26 Å².